The SMILES string of the molecule is On1ccc2ccc(C3CC3)cc21. The van der Waals surface area contributed by atoms with Crippen molar-refractivity contribution < 1.29 is 5.21 Å². The quantitative estimate of drug-likeness (QED) is 0.659. The minimum atomic E-state index is 0.749. The predicted octanol–water partition coefficient (Wildman–Crippen LogP) is 2.76. The van der Waals surface area contributed by atoms with Gasteiger partial charge < -0.3 is 5.21 Å². The summed E-state index contributed by atoms with van der Waals surface area (Å²) >= 11 is 0. The zero-order valence-electron chi connectivity index (χ0n) is 7.27. The van der Waals surface area contributed by atoms with Gasteiger partial charge in [-0.15, -0.1) is 0 Å². The first-order valence-corrected chi connectivity index (χ1v) is 4.65. The molecule has 0 bridgehead atoms. The van der Waals surface area contributed by atoms with Gasteiger partial charge in [-0.3, -0.25) is 0 Å². The maximum atomic E-state index is 9.45. The van der Waals surface area contributed by atoms with E-state index in [4.69, 9.17) is 0 Å². The van der Waals surface area contributed by atoms with Crippen molar-refractivity contribution in [2.24, 2.45) is 0 Å². The second-order valence-corrected chi connectivity index (χ2v) is 3.75. The van der Waals surface area contributed by atoms with E-state index >= 15 is 0 Å². The zero-order chi connectivity index (χ0) is 8.84. The number of hydrogen-bond donors (Lipinski definition) is 1. The highest BCUT2D eigenvalue weighted by Gasteiger charge is 2.23. The van der Waals surface area contributed by atoms with Gasteiger partial charge in [0.25, 0.3) is 0 Å². The van der Waals surface area contributed by atoms with Gasteiger partial charge in [-0.2, -0.15) is 4.73 Å². The molecule has 1 fully saturated rings. The fraction of sp³-hybridized carbons (Fsp3) is 0.273. The average Bonchev–Trinajstić information content (AvgIpc) is 2.93. The minimum Gasteiger partial charge on any atom is -0.428 e. The van der Waals surface area contributed by atoms with E-state index in [1.54, 1.807) is 6.20 Å². The van der Waals surface area contributed by atoms with Gasteiger partial charge in [-0.05, 0) is 36.5 Å². The van der Waals surface area contributed by atoms with Gasteiger partial charge in [0, 0.05) is 11.6 Å². The topological polar surface area (TPSA) is 25.2 Å². The molecule has 66 valence electrons. The van der Waals surface area contributed by atoms with Gasteiger partial charge in [-0.1, -0.05) is 12.1 Å². The molecule has 1 aliphatic carbocycles. The third-order valence-corrected chi connectivity index (χ3v) is 2.75. The smallest absolute Gasteiger partial charge is 0.0868 e. The largest absolute Gasteiger partial charge is 0.428 e. The van der Waals surface area contributed by atoms with Crippen molar-refractivity contribution in [2.75, 3.05) is 0 Å². The molecule has 2 nitrogen and oxygen atoms in total. The Labute approximate surface area is 76.4 Å². The Balaban J connectivity index is 2.24. The van der Waals surface area contributed by atoms with Crippen molar-refractivity contribution in [3.63, 3.8) is 0 Å². The van der Waals surface area contributed by atoms with E-state index in [-0.39, 0.29) is 0 Å². The highest BCUT2D eigenvalue weighted by Crippen LogP contribution is 2.40. The van der Waals surface area contributed by atoms with Crippen LogP contribution in [-0.4, -0.2) is 9.94 Å². The average molecular weight is 173 g/mol. The normalized spacial score (nSPS) is 16.6. The van der Waals surface area contributed by atoms with Crippen LogP contribution in [0.1, 0.15) is 24.3 Å². The summed E-state index contributed by atoms with van der Waals surface area (Å²) in [6.45, 7) is 0. The summed E-state index contributed by atoms with van der Waals surface area (Å²) in [6, 6.07) is 8.26. The molecule has 1 N–H and O–H groups in total. The second kappa shape index (κ2) is 2.28. The maximum absolute atomic E-state index is 9.45. The standard InChI is InChI=1S/C11H11NO/c13-12-6-5-9-3-4-10(7-11(9)12)8-1-2-8/h3-8,13H,1-2H2. The van der Waals surface area contributed by atoms with Crippen LogP contribution in [0.2, 0.25) is 0 Å². The summed E-state index contributed by atoms with van der Waals surface area (Å²) < 4.78 is 1.20. The van der Waals surface area contributed by atoms with Crippen molar-refractivity contribution in [1.29, 1.82) is 0 Å². The molecule has 0 spiro atoms. The van der Waals surface area contributed by atoms with Crippen LogP contribution in [0.4, 0.5) is 0 Å². The molecule has 2 heteroatoms. The fourth-order valence-electron chi connectivity index (χ4n) is 1.80. The molecule has 1 aromatic heterocycles. The van der Waals surface area contributed by atoms with Gasteiger partial charge >= 0.3 is 0 Å². The third kappa shape index (κ3) is 1.02. The van der Waals surface area contributed by atoms with Gasteiger partial charge in [0.05, 0.1) is 5.52 Å². The summed E-state index contributed by atoms with van der Waals surface area (Å²) in [5.41, 5.74) is 2.28. The summed E-state index contributed by atoms with van der Waals surface area (Å²) in [5.74, 6) is 0.749. The van der Waals surface area contributed by atoms with Crippen LogP contribution in [0.15, 0.2) is 30.5 Å². The van der Waals surface area contributed by atoms with Crippen molar-refractivity contribution in [2.45, 2.75) is 18.8 Å². The lowest BCUT2D eigenvalue weighted by atomic mass is 10.1. The first kappa shape index (κ1) is 7.01. The molecule has 1 saturated carbocycles. The Bertz CT molecular complexity index is 454. The van der Waals surface area contributed by atoms with Crippen LogP contribution in [0.5, 0.6) is 0 Å². The lowest BCUT2D eigenvalue weighted by Crippen LogP contribution is -1.87. The number of nitrogens with zero attached hydrogens (tertiary/aromatic N) is 1. The van der Waals surface area contributed by atoms with E-state index in [9.17, 15) is 5.21 Å². The molecular formula is C11H11NO. The Morgan fingerprint density at radius 1 is 1.23 bits per heavy atom. The maximum Gasteiger partial charge on any atom is 0.0868 e. The number of fused-ring (bicyclic) bond motifs is 1. The van der Waals surface area contributed by atoms with Crippen LogP contribution < -0.4 is 0 Å². The molecule has 0 atom stereocenters. The van der Waals surface area contributed by atoms with Crippen molar-refractivity contribution in [3.05, 3.63) is 36.0 Å². The van der Waals surface area contributed by atoms with Crippen LogP contribution in [-0.2, 0) is 0 Å². The van der Waals surface area contributed by atoms with E-state index in [1.807, 2.05) is 6.07 Å². The molecule has 0 unspecified atom stereocenters. The molecule has 0 amide bonds. The van der Waals surface area contributed by atoms with Crippen molar-refractivity contribution in [1.82, 2.24) is 4.73 Å². The van der Waals surface area contributed by atoms with Crippen LogP contribution in [0.25, 0.3) is 10.9 Å². The first-order valence-electron chi connectivity index (χ1n) is 4.65. The van der Waals surface area contributed by atoms with Crippen LogP contribution in [0, 0.1) is 0 Å². The van der Waals surface area contributed by atoms with E-state index < -0.39 is 0 Å². The van der Waals surface area contributed by atoms with Gasteiger partial charge in [-0.25, -0.2) is 0 Å². The third-order valence-electron chi connectivity index (χ3n) is 2.75. The zero-order valence-corrected chi connectivity index (χ0v) is 7.27. The summed E-state index contributed by atoms with van der Waals surface area (Å²) in [5, 5.41) is 10.6. The summed E-state index contributed by atoms with van der Waals surface area (Å²) in [7, 11) is 0. The molecule has 13 heavy (non-hydrogen) atoms. The van der Waals surface area contributed by atoms with E-state index in [0.717, 1.165) is 16.8 Å². The van der Waals surface area contributed by atoms with Crippen molar-refractivity contribution >= 4 is 10.9 Å². The molecule has 1 aliphatic rings. The molecule has 0 radical (unpaired) electrons. The Kier molecular flexibility index (Phi) is 1.23. The summed E-state index contributed by atoms with van der Waals surface area (Å²) in [4.78, 5) is 0. The van der Waals surface area contributed by atoms with E-state index in [0.29, 0.717) is 0 Å². The van der Waals surface area contributed by atoms with Crippen LogP contribution in [0.3, 0.4) is 0 Å². The first-order chi connectivity index (χ1) is 6.34. The Morgan fingerprint density at radius 2 is 2.08 bits per heavy atom. The van der Waals surface area contributed by atoms with E-state index in [1.165, 1.54) is 23.1 Å². The monoisotopic (exact) mass is 173 g/mol. The van der Waals surface area contributed by atoms with E-state index in [2.05, 4.69) is 18.2 Å². The molecule has 0 aliphatic heterocycles. The Morgan fingerprint density at radius 3 is 2.85 bits per heavy atom. The molecule has 1 heterocycles. The van der Waals surface area contributed by atoms with Crippen LogP contribution >= 0.6 is 0 Å². The number of rotatable bonds is 1. The highest BCUT2D eigenvalue weighted by atomic mass is 16.5. The predicted molar refractivity (Wildman–Crippen MR) is 51.1 cm³/mol. The number of aromatic nitrogens is 1. The number of benzene rings is 1. The molecule has 0 saturated heterocycles. The second-order valence-electron chi connectivity index (χ2n) is 3.75. The Hall–Kier alpha value is -1.44. The molecule has 2 aromatic rings. The molecular weight excluding hydrogens is 162 g/mol. The highest BCUT2D eigenvalue weighted by molar-refractivity contribution is 5.80. The lowest BCUT2D eigenvalue weighted by molar-refractivity contribution is 0.200. The van der Waals surface area contributed by atoms with Crippen molar-refractivity contribution in [3.8, 4) is 0 Å². The molecule has 1 aromatic carbocycles. The van der Waals surface area contributed by atoms with Gasteiger partial charge in [0.1, 0.15) is 0 Å². The summed E-state index contributed by atoms with van der Waals surface area (Å²) in [6.07, 6.45) is 4.29. The van der Waals surface area contributed by atoms with Gasteiger partial charge in [0.15, 0.2) is 0 Å². The fourth-order valence-corrected chi connectivity index (χ4v) is 1.80. The molecule has 3 rings (SSSR count). The van der Waals surface area contributed by atoms with Gasteiger partial charge in [0.2, 0.25) is 0 Å². The lowest BCUT2D eigenvalue weighted by Gasteiger charge is -1.99. The number of hydrogen-bond acceptors (Lipinski definition) is 1. The minimum absolute atomic E-state index is 0.749.